The summed E-state index contributed by atoms with van der Waals surface area (Å²) in [5.41, 5.74) is 12.8. The third-order valence-electron chi connectivity index (χ3n) is 9.22. The van der Waals surface area contributed by atoms with E-state index in [0.29, 0.717) is 37.6 Å². The number of carbonyl (C=O) groups excluding carboxylic acids is 7. The van der Waals surface area contributed by atoms with Gasteiger partial charge in [-0.25, -0.2) is 41.8 Å². The van der Waals surface area contributed by atoms with Crippen LogP contribution in [0.2, 0.25) is 0 Å². The molecule has 41 heteroatoms. The Morgan fingerprint density at radius 1 is 0.505 bits per heavy atom. The summed E-state index contributed by atoms with van der Waals surface area (Å²) < 4.78 is 60.9. The van der Waals surface area contributed by atoms with E-state index in [4.69, 9.17) is 51.4 Å². The average Bonchev–Trinajstić information content (AvgIpc) is 1.74. The van der Waals surface area contributed by atoms with Gasteiger partial charge in [-0.05, 0) is 76.4 Å². The van der Waals surface area contributed by atoms with Gasteiger partial charge in [-0.1, -0.05) is 149 Å². The zero-order valence-corrected chi connectivity index (χ0v) is 71.4. The van der Waals surface area contributed by atoms with E-state index in [1.807, 2.05) is 48.9 Å². The van der Waals surface area contributed by atoms with Crippen LogP contribution in [-0.4, -0.2) is 153 Å². The van der Waals surface area contributed by atoms with Gasteiger partial charge in [0, 0.05) is 62.6 Å². The Hall–Kier alpha value is -5.14. The fourth-order valence-corrected chi connectivity index (χ4v) is 11.7. The number of nitrogens with two attached hydrogens (primary N) is 2. The summed E-state index contributed by atoms with van der Waals surface area (Å²) >= 11 is 31.5. The number of aliphatic hydroxyl groups is 1. The van der Waals surface area contributed by atoms with Crippen molar-refractivity contribution in [2.75, 3.05) is 92.5 Å². The number of nitrogens with one attached hydrogen (secondary N) is 3. The van der Waals surface area contributed by atoms with Gasteiger partial charge in [0.2, 0.25) is 0 Å². The number of aromatic nitrogens is 5. The minimum absolute atomic E-state index is 0. The van der Waals surface area contributed by atoms with E-state index in [0.717, 1.165) is 50.3 Å². The molecule has 0 aliphatic rings. The SMILES string of the molecule is Br.C.CO.COC(C)=O.COC(C)=O.COC(C)=O.CS(=O)(=O)c1cnc(NC(=O)c2ccccc2)s1.CS(=O)(=O)c1cnc(NC(=O)c2ccccc2)s1.CSc1cnc(N)s1.CSc1cnc(NC(=O)c2ccccc2)s1.C[S-].ClCCl.Nc1ncc(Br)s1.O=C(Cl)c1ccccc1.[Na+]. The summed E-state index contributed by atoms with van der Waals surface area (Å²) in [6, 6.07) is 35.1. The number of sulfone groups is 2. The predicted molar refractivity (Wildman–Crippen MR) is 425 cm³/mol. The van der Waals surface area contributed by atoms with Crippen LogP contribution in [0.3, 0.4) is 0 Å². The molecular weight excluding hydrogens is 1710 g/mol. The number of carbonyl (C=O) groups is 7. The maximum Gasteiger partial charge on any atom is 1.00 e. The third-order valence-corrected chi connectivity index (χ3v) is 20.0. The van der Waals surface area contributed by atoms with Gasteiger partial charge in [0.1, 0.15) is 8.42 Å². The quantitative estimate of drug-likeness (QED) is 0.0133. The molecule has 0 aliphatic carbocycles. The van der Waals surface area contributed by atoms with Crippen LogP contribution >= 0.6 is 148 Å². The number of rotatable bonds is 11. The van der Waals surface area contributed by atoms with Crippen LogP contribution < -0.4 is 57.0 Å². The van der Waals surface area contributed by atoms with Crippen molar-refractivity contribution in [2.45, 2.75) is 45.0 Å². The van der Waals surface area contributed by atoms with E-state index in [2.05, 4.69) is 83.6 Å². The Bertz CT molecular complexity index is 3770. The number of ether oxygens (including phenoxy) is 3. The molecule has 9 aromatic rings. The molecule has 0 aliphatic heterocycles. The van der Waals surface area contributed by atoms with E-state index in [1.165, 1.54) is 92.7 Å². The molecule has 9 rings (SSSR count). The van der Waals surface area contributed by atoms with Crippen molar-refractivity contribution in [3.05, 3.63) is 178 Å². The van der Waals surface area contributed by atoms with Crippen molar-refractivity contribution in [3.63, 3.8) is 0 Å². The summed E-state index contributed by atoms with van der Waals surface area (Å²) in [7, 11) is -1.51. The number of methoxy groups -OCH3 is 3. The molecule has 0 fully saturated rings. The number of thioether (sulfide) groups is 2. The van der Waals surface area contributed by atoms with Gasteiger partial charge in [0.15, 0.2) is 45.3 Å². The first-order valence-electron chi connectivity index (χ1n) is 26.3. The van der Waals surface area contributed by atoms with Crippen LogP contribution in [0.1, 0.15) is 69.6 Å². The molecular formula is C60H76Br2Cl3N10NaO15S10. The number of amides is 3. The largest absolute Gasteiger partial charge is 1.00 e. The first kappa shape index (κ1) is 107. The topological polar surface area (TPSA) is 388 Å². The Kier molecular flexibility index (Phi) is 68.2. The van der Waals surface area contributed by atoms with Crippen LogP contribution in [-0.2, 0) is 60.9 Å². The smallest absolute Gasteiger partial charge is 0.796 e. The van der Waals surface area contributed by atoms with Crippen LogP contribution in [0, 0.1) is 0 Å². The molecule has 0 spiro atoms. The molecule has 3 amide bonds. The van der Waals surface area contributed by atoms with Gasteiger partial charge < -0.3 is 43.4 Å². The number of nitrogens with zero attached hydrogens (tertiary/aromatic N) is 5. The van der Waals surface area contributed by atoms with Gasteiger partial charge in [-0.15, -0.1) is 63.7 Å². The Morgan fingerprint density at radius 2 is 0.752 bits per heavy atom. The molecule has 25 nitrogen and oxygen atoms in total. The number of alkyl halides is 2. The van der Waals surface area contributed by atoms with Crippen molar-refractivity contribution in [1.82, 2.24) is 24.9 Å². The van der Waals surface area contributed by atoms with Crippen molar-refractivity contribution < 1.29 is 99.3 Å². The fraction of sp³-hybridized carbons (Fsp3) is 0.233. The van der Waals surface area contributed by atoms with Gasteiger partial charge in [-0.2, -0.15) is 6.26 Å². The zero-order chi connectivity index (χ0) is 75.2. The van der Waals surface area contributed by atoms with Crippen molar-refractivity contribution in [1.29, 1.82) is 0 Å². The van der Waals surface area contributed by atoms with E-state index in [-0.39, 0.29) is 114 Å². The first-order chi connectivity index (χ1) is 46.4. The van der Waals surface area contributed by atoms with Gasteiger partial charge >= 0.3 is 47.5 Å². The normalized spacial score (nSPS) is 9.09. The number of halogens is 5. The summed E-state index contributed by atoms with van der Waals surface area (Å²) in [5, 5.41) is 17.1. The molecule has 8 N–H and O–H groups in total. The molecule has 0 atom stereocenters. The molecule has 5 heterocycles. The van der Waals surface area contributed by atoms with Gasteiger partial charge in [0.05, 0.1) is 69.9 Å². The Morgan fingerprint density at radius 3 is 0.931 bits per heavy atom. The summed E-state index contributed by atoms with van der Waals surface area (Å²) in [6.07, 6.45) is 15.5. The predicted octanol–water partition coefficient (Wildman–Crippen LogP) is 11.7. The Labute approximate surface area is 679 Å². The summed E-state index contributed by atoms with van der Waals surface area (Å²) in [5.74, 6) is -1.49. The number of thiazole rings is 5. The zero-order valence-electron chi connectivity index (χ0n) is 55.7. The number of esters is 3. The minimum Gasteiger partial charge on any atom is -0.796 e. The third kappa shape index (κ3) is 55.1. The number of benzene rings is 4. The molecule has 101 heavy (non-hydrogen) atoms. The molecule has 0 bridgehead atoms. The van der Waals surface area contributed by atoms with Crippen molar-refractivity contribution in [2.24, 2.45) is 0 Å². The number of anilines is 5. The maximum atomic E-state index is 11.8. The van der Waals surface area contributed by atoms with Crippen LogP contribution in [0.15, 0.2) is 173 Å². The van der Waals surface area contributed by atoms with Crippen LogP contribution in [0.25, 0.3) is 0 Å². The molecule has 0 radical (unpaired) electrons. The van der Waals surface area contributed by atoms with Crippen molar-refractivity contribution >= 4 is 247 Å². The number of aliphatic hydroxyl groups excluding tert-OH is 1. The second-order valence-electron chi connectivity index (χ2n) is 16.2. The van der Waals surface area contributed by atoms with E-state index >= 15 is 0 Å². The number of nitrogen functional groups attached to an aromatic ring is 2. The average molecular weight is 1790 g/mol. The summed E-state index contributed by atoms with van der Waals surface area (Å²) in [6.45, 7) is 4.08. The molecule has 0 saturated carbocycles. The van der Waals surface area contributed by atoms with E-state index < -0.39 is 24.9 Å². The Balaban J connectivity index is -0.000000257. The molecule has 0 saturated heterocycles. The first-order valence-corrected chi connectivity index (χ1v) is 39.6. The van der Waals surface area contributed by atoms with Gasteiger partial charge in [0.25, 0.3) is 23.0 Å². The molecule has 5 aromatic heterocycles. The maximum absolute atomic E-state index is 11.8. The van der Waals surface area contributed by atoms with Crippen molar-refractivity contribution in [3.8, 4) is 0 Å². The molecule has 4 aromatic carbocycles. The second-order valence-corrected chi connectivity index (χ2v) is 30.7. The number of hydrogen-bond donors (Lipinski definition) is 6. The second kappa shape index (κ2) is 64.5. The molecule has 552 valence electrons. The monoisotopic (exact) mass is 1780 g/mol. The number of hydrogen-bond acceptors (Lipinski definition) is 30. The van der Waals surface area contributed by atoms with E-state index in [9.17, 15) is 50.4 Å². The van der Waals surface area contributed by atoms with Crippen LogP contribution in [0.4, 0.5) is 25.7 Å². The van der Waals surface area contributed by atoms with E-state index in [1.54, 1.807) is 133 Å². The van der Waals surface area contributed by atoms with Crippen LogP contribution in [0.5, 0.6) is 0 Å². The van der Waals surface area contributed by atoms with Gasteiger partial charge in [-0.3, -0.25) is 49.5 Å². The fourth-order valence-electron chi connectivity index (χ4n) is 4.87. The molecule has 0 unspecified atom stereocenters. The minimum atomic E-state index is -3.28. The standard InChI is InChI=1S/2C11H10N2O3S2.C11H10N2OS2.C7H5ClO.C4H6N2S2.C3H3BrN2S.3C3H6O2.CH2Cl2.CH4O.CH4S.CH4.BrH.Na/c2*1-18(15,16)9-7-12-11(17-9)13-10(14)8-5-3-2-4-6-8;1-15-9-7-12-11(16-9)13-10(14)8-5-3-2-4-6-8;8-7(9)6-4-2-1-3-5-6;1-7-3-2-6-4(5)8-3;4-2-1-6-3(5)7-2;3*1-3(4)5-2;2-1-3;2*1-2;;;/h2*2-7H,1H3,(H,12,13,14);2-7H,1H3,(H,12,13,14);1-5H;2H,1H3,(H2,5,6);1H,(H2,5,6);3*1-2H3;1H2;2*2H,1H3;1H4;1H;/q;;;;;;;;;;;;;;+1/p-1. The summed E-state index contributed by atoms with van der Waals surface area (Å²) in [4.78, 5) is 94.0.